The molecule has 0 atom stereocenters. The van der Waals surface area contributed by atoms with E-state index in [1.165, 1.54) is 36.4 Å². The first-order chi connectivity index (χ1) is 28.0. The van der Waals surface area contributed by atoms with Gasteiger partial charge in [0.25, 0.3) is 0 Å². The van der Waals surface area contributed by atoms with Crippen molar-refractivity contribution >= 4 is 81.3 Å². The van der Waals surface area contributed by atoms with Gasteiger partial charge in [0.05, 0.1) is 0 Å². The molecule has 0 amide bonds. The molecule has 0 radical (unpaired) electrons. The van der Waals surface area contributed by atoms with E-state index in [-0.39, 0.29) is 41.0 Å². The van der Waals surface area contributed by atoms with E-state index < -0.39 is 66.1 Å². The number of rotatable bonds is 6. The summed E-state index contributed by atoms with van der Waals surface area (Å²) in [5, 5.41) is 0. The Morgan fingerprint density at radius 1 is 0.583 bits per heavy atom. The minimum atomic E-state index is -4.32. The number of aryl methyl sites for hydroxylation is 2. The number of allylic oxidation sites excluding steroid dienone is 4. The monoisotopic (exact) mass is 978 g/mol. The van der Waals surface area contributed by atoms with Crippen LogP contribution in [0, 0.1) is 13.8 Å². The van der Waals surface area contributed by atoms with Crippen LogP contribution < -0.4 is 9.47 Å². The number of carbonyl (C=O) groups excluding carboxylic acids is 4. The lowest BCUT2D eigenvalue weighted by Gasteiger charge is -2.34. The van der Waals surface area contributed by atoms with Gasteiger partial charge in [0.2, 0.25) is 34.7 Å². The molecule has 0 saturated heterocycles. The zero-order valence-electron chi connectivity index (χ0n) is 33.0. The van der Waals surface area contributed by atoms with Crippen LogP contribution in [-0.4, -0.2) is 51.2 Å². The molecule has 0 N–H and O–H groups in total. The van der Waals surface area contributed by atoms with Crippen LogP contribution in [0.25, 0.3) is 6.08 Å². The summed E-state index contributed by atoms with van der Waals surface area (Å²) in [6.45, 7) is 11.2. The molecule has 0 aromatic heterocycles. The second-order valence-corrected chi connectivity index (χ2v) is 20.2. The Kier molecular flexibility index (Phi) is 11.0. The molecule has 60 heavy (non-hydrogen) atoms. The third kappa shape index (κ3) is 8.05. The van der Waals surface area contributed by atoms with Gasteiger partial charge in [0, 0.05) is 33.4 Å². The Balaban J connectivity index is 0.000000181. The van der Waals surface area contributed by atoms with Crippen LogP contribution in [-0.2, 0) is 35.0 Å². The van der Waals surface area contributed by atoms with Crippen LogP contribution in [0.2, 0.25) is 0 Å². The highest BCUT2D eigenvalue weighted by molar-refractivity contribution is 9.12. The minimum Gasteiger partial charge on any atom is -0.488 e. The van der Waals surface area contributed by atoms with Crippen molar-refractivity contribution in [2.45, 2.75) is 75.4 Å². The number of ketones is 4. The van der Waals surface area contributed by atoms with E-state index >= 15 is 0 Å². The summed E-state index contributed by atoms with van der Waals surface area (Å²) in [4.78, 5) is 52.0. The fraction of sp³-hybridized carbons (Fsp3) is 0.227. The molecule has 12 nitrogen and oxygen atoms in total. The van der Waals surface area contributed by atoms with Crippen molar-refractivity contribution < 1.29 is 53.9 Å². The third-order valence-electron chi connectivity index (χ3n) is 10.0. The molecule has 310 valence electrons. The molecule has 0 unspecified atom stereocenters. The maximum absolute atomic E-state index is 13.3. The number of ether oxygens (including phenoxy) is 2. The lowest BCUT2D eigenvalue weighted by Crippen LogP contribution is -2.34. The van der Waals surface area contributed by atoms with Gasteiger partial charge in [-0.25, -0.2) is 0 Å². The summed E-state index contributed by atoms with van der Waals surface area (Å²) in [6.07, 6.45) is 4.65. The van der Waals surface area contributed by atoms with Gasteiger partial charge in [-0.15, -0.1) is 0 Å². The van der Waals surface area contributed by atoms with Gasteiger partial charge >= 0.3 is 20.2 Å². The molecule has 8 rings (SSSR count). The summed E-state index contributed by atoms with van der Waals surface area (Å²) in [5.41, 5.74) is 2.34. The van der Waals surface area contributed by atoms with Crippen molar-refractivity contribution in [2.75, 3.05) is 0 Å². The summed E-state index contributed by atoms with van der Waals surface area (Å²) >= 11 is 6.12. The summed E-state index contributed by atoms with van der Waals surface area (Å²) in [6, 6.07) is 18.3. The number of hydrogen-bond acceptors (Lipinski definition) is 12. The van der Waals surface area contributed by atoms with Crippen molar-refractivity contribution in [3.05, 3.63) is 144 Å². The topological polar surface area (TPSA) is 173 Å². The van der Waals surface area contributed by atoms with Gasteiger partial charge < -0.3 is 17.8 Å². The molecule has 2 heterocycles. The van der Waals surface area contributed by atoms with Gasteiger partial charge in [-0.2, -0.15) is 16.8 Å². The van der Waals surface area contributed by atoms with Crippen LogP contribution in [0.3, 0.4) is 0 Å². The highest BCUT2D eigenvalue weighted by Gasteiger charge is 2.41. The van der Waals surface area contributed by atoms with Crippen LogP contribution >= 0.6 is 31.9 Å². The Labute approximate surface area is 363 Å². The summed E-state index contributed by atoms with van der Waals surface area (Å²) < 4.78 is 72.6. The number of halogens is 2. The molecule has 4 aromatic rings. The van der Waals surface area contributed by atoms with Crippen molar-refractivity contribution in [3.63, 3.8) is 0 Å². The maximum Gasteiger partial charge on any atom is 0.339 e. The number of Topliss-reactive ketones (excluding diaryl/α,β-unsaturated/α-hetero) is 4. The Morgan fingerprint density at radius 3 is 1.53 bits per heavy atom. The van der Waals surface area contributed by atoms with Crippen LogP contribution in [0.1, 0.15) is 97.8 Å². The third-order valence-corrected chi connectivity index (χ3v) is 13.9. The quantitative estimate of drug-likeness (QED) is 0.168. The van der Waals surface area contributed by atoms with Crippen molar-refractivity contribution in [1.29, 1.82) is 0 Å². The number of hydrogen-bond donors (Lipinski definition) is 0. The highest BCUT2D eigenvalue weighted by Crippen LogP contribution is 2.43. The second kappa shape index (κ2) is 15.4. The maximum atomic E-state index is 13.3. The Hall–Kier alpha value is -5.16. The fourth-order valence-electron chi connectivity index (χ4n) is 6.83. The van der Waals surface area contributed by atoms with E-state index in [1.54, 1.807) is 48.6 Å². The predicted octanol–water partition coefficient (Wildman–Crippen LogP) is 9.06. The smallest absolute Gasteiger partial charge is 0.339 e. The first kappa shape index (κ1) is 42.9. The zero-order chi connectivity index (χ0) is 43.7. The standard InChI is InChI=1S/C22H19BrO6S.C22H17BrO6S/c2*1-12-4-6-13(7-5-12)30(26,27)29-21-18(23)19(24)15-8-9-16-14(17(15)20(21)25)10-11-22(2,3)28-16/h4-9H,10-11H2,1-3H3;4-11H,1-3H3. The predicted molar refractivity (Wildman–Crippen MR) is 228 cm³/mol. The van der Waals surface area contributed by atoms with Gasteiger partial charge in [-0.05, 0) is 141 Å². The fourth-order valence-corrected chi connectivity index (χ4v) is 9.88. The van der Waals surface area contributed by atoms with Gasteiger partial charge in [0.15, 0.2) is 0 Å². The second-order valence-electron chi connectivity index (χ2n) is 15.6. The normalized spacial score (nSPS) is 17.6. The van der Waals surface area contributed by atoms with E-state index in [0.717, 1.165) is 11.1 Å². The van der Waals surface area contributed by atoms with Crippen molar-refractivity contribution in [3.8, 4) is 11.5 Å². The lowest BCUT2D eigenvalue weighted by molar-refractivity contribution is 0.0824. The molecular weight excluding hydrogens is 944 g/mol. The molecule has 0 spiro atoms. The first-order valence-corrected chi connectivity index (χ1v) is 22.8. The van der Waals surface area contributed by atoms with Crippen LogP contribution in [0.4, 0.5) is 0 Å². The van der Waals surface area contributed by atoms with Crippen molar-refractivity contribution in [1.82, 2.24) is 0 Å². The molecule has 0 saturated carbocycles. The largest absolute Gasteiger partial charge is 0.488 e. The highest BCUT2D eigenvalue weighted by atomic mass is 79.9. The van der Waals surface area contributed by atoms with E-state index in [0.29, 0.717) is 35.5 Å². The minimum absolute atomic E-state index is 0.0570. The summed E-state index contributed by atoms with van der Waals surface area (Å²) in [5.74, 6) is -2.58. The van der Waals surface area contributed by atoms with Crippen LogP contribution in [0.5, 0.6) is 11.5 Å². The molecule has 4 aromatic carbocycles. The molecule has 0 bridgehead atoms. The number of carbonyl (C=O) groups is 4. The van der Waals surface area contributed by atoms with Crippen molar-refractivity contribution in [2.24, 2.45) is 0 Å². The Morgan fingerprint density at radius 2 is 1.03 bits per heavy atom. The molecule has 0 fully saturated rings. The lowest BCUT2D eigenvalue weighted by atomic mass is 9.84. The zero-order valence-corrected chi connectivity index (χ0v) is 37.8. The molecule has 2 aliphatic carbocycles. The molecule has 16 heteroatoms. The summed E-state index contributed by atoms with van der Waals surface area (Å²) in [7, 11) is -8.62. The molecule has 2 aliphatic heterocycles. The van der Waals surface area contributed by atoms with E-state index in [4.69, 9.17) is 17.8 Å². The van der Waals surface area contributed by atoms with E-state index in [2.05, 4.69) is 31.9 Å². The van der Waals surface area contributed by atoms with Crippen LogP contribution in [0.15, 0.2) is 109 Å². The Bertz CT molecular complexity index is 2890. The molecule has 4 aliphatic rings. The average Bonchev–Trinajstić information content (AvgIpc) is 3.18. The van der Waals surface area contributed by atoms with E-state index in [1.807, 2.05) is 41.5 Å². The number of fused-ring (bicyclic) bond motifs is 6. The van der Waals surface area contributed by atoms with Gasteiger partial charge in [-0.1, -0.05) is 41.5 Å². The molecular formula is C44H36Br2O12S2. The van der Waals surface area contributed by atoms with Gasteiger partial charge in [-0.3, -0.25) is 19.2 Å². The van der Waals surface area contributed by atoms with E-state index in [9.17, 15) is 36.0 Å². The SMILES string of the molecule is Cc1ccc(S(=O)(=O)OC2=C(Br)C(=O)c3ccc4c(c3C2=O)C=CC(C)(C)O4)cc1.Cc1ccc(S(=O)(=O)OC2=C(Br)C(=O)c3ccc4c(c3C2=O)CCC(C)(C)O4)cc1. The van der Waals surface area contributed by atoms with Gasteiger partial charge in [0.1, 0.15) is 41.5 Å². The average molecular weight is 981 g/mol. The number of benzene rings is 4. The first-order valence-electron chi connectivity index (χ1n) is 18.4.